The van der Waals surface area contributed by atoms with Gasteiger partial charge in [0.2, 0.25) is 5.91 Å². The van der Waals surface area contributed by atoms with E-state index in [2.05, 4.69) is 10.3 Å². The van der Waals surface area contributed by atoms with Crippen LogP contribution in [0.25, 0.3) is 0 Å². The number of nitrogens with zero attached hydrogens (tertiary/aromatic N) is 2. The zero-order valence-corrected chi connectivity index (χ0v) is 15.2. The van der Waals surface area contributed by atoms with Crippen molar-refractivity contribution < 1.29 is 9.59 Å². The van der Waals surface area contributed by atoms with E-state index in [1.165, 1.54) is 16.2 Å². The van der Waals surface area contributed by atoms with Gasteiger partial charge in [-0.15, -0.1) is 23.1 Å². The summed E-state index contributed by atoms with van der Waals surface area (Å²) in [6.07, 6.45) is 1.95. The molecule has 0 saturated carbocycles. The van der Waals surface area contributed by atoms with Crippen molar-refractivity contribution >= 4 is 40.6 Å². The third-order valence-electron chi connectivity index (χ3n) is 3.21. The number of likely N-dealkylation sites (N-methyl/N-ethyl adjacent to an activating group) is 1. The average molecular weight is 349 g/mol. The molecule has 7 heteroatoms. The van der Waals surface area contributed by atoms with Gasteiger partial charge in [-0.1, -0.05) is 12.1 Å². The van der Waals surface area contributed by atoms with Crippen molar-refractivity contribution in [1.29, 1.82) is 0 Å². The Morgan fingerprint density at radius 1 is 1.30 bits per heavy atom. The van der Waals surface area contributed by atoms with E-state index in [-0.39, 0.29) is 18.4 Å². The van der Waals surface area contributed by atoms with Crippen LogP contribution >= 0.6 is 23.1 Å². The molecule has 0 bridgehead atoms. The molecule has 0 unspecified atom stereocenters. The van der Waals surface area contributed by atoms with Crippen molar-refractivity contribution in [2.45, 2.75) is 18.7 Å². The molecule has 1 aromatic heterocycles. The maximum Gasteiger partial charge on any atom is 0.266 e. The minimum absolute atomic E-state index is 0.00205. The summed E-state index contributed by atoms with van der Waals surface area (Å²) in [4.78, 5) is 31.8. The number of thioether (sulfide) groups is 1. The molecule has 2 amide bonds. The van der Waals surface area contributed by atoms with Gasteiger partial charge in [-0.25, -0.2) is 4.98 Å². The summed E-state index contributed by atoms with van der Waals surface area (Å²) in [5.41, 5.74) is 1.47. The quantitative estimate of drug-likeness (QED) is 0.842. The Hall–Kier alpha value is -1.86. The number of aryl methyl sites for hydroxylation is 2. The normalized spacial score (nSPS) is 10.4. The van der Waals surface area contributed by atoms with E-state index < -0.39 is 0 Å². The van der Waals surface area contributed by atoms with E-state index in [0.717, 1.165) is 15.6 Å². The number of hydrogen-bond donors (Lipinski definition) is 1. The SMILES string of the molecule is CSc1ccccc1NC(=O)CN(C)C(=O)c1sc(C)nc1C. The van der Waals surface area contributed by atoms with Crippen LogP contribution in [-0.2, 0) is 4.79 Å². The monoisotopic (exact) mass is 349 g/mol. The van der Waals surface area contributed by atoms with Crippen LogP contribution in [0.2, 0.25) is 0 Å². The van der Waals surface area contributed by atoms with Crippen molar-refractivity contribution in [3.8, 4) is 0 Å². The maximum absolute atomic E-state index is 12.4. The summed E-state index contributed by atoms with van der Waals surface area (Å²) >= 11 is 2.91. The van der Waals surface area contributed by atoms with Gasteiger partial charge in [-0.3, -0.25) is 9.59 Å². The van der Waals surface area contributed by atoms with Crippen molar-refractivity contribution in [2.75, 3.05) is 25.2 Å². The first kappa shape index (κ1) is 17.5. The second-order valence-corrected chi connectivity index (χ2v) is 7.11. The Bertz CT molecular complexity index is 728. The summed E-state index contributed by atoms with van der Waals surface area (Å²) in [5.74, 6) is -0.400. The fourth-order valence-corrected chi connectivity index (χ4v) is 3.60. The Labute approximate surface area is 144 Å². The number of carbonyl (C=O) groups excluding carboxylic acids is 2. The van der Waals surface area contributed by atoms with E-state index in [0.29, 0.717) is 10.6 Å². The molecule has 5 nitrogen and oxygen atoms in total. The Morgan fingerprint density at radius 2 is 2.00 bits per heavy atom. The van der Waals surface area contributed by atoms with E-state index in [1.54, 1.807) is 25.7 Å². The largest absolute Gasteiger partial charge is 0.332 e. The van der Waals surface area contributed by atoms with E-state index in [4.69, 9.17) is 0 Å². The molecule has 0 spiro atoms. The fraction of sp³-hybridized carbons (Fsp3) is 0.312. The van der Waals surface area contributed by atoms with Crippen LogP contribution < -0.4 is 5.32 Å². The van der Waals surface area contributed by atoms with Crippen LogP contribution in [0, 0.1) is 13.8 Å². The molecule has 0 saturated heterocycles. The molecule has 2 aromatic rings. The van der Waals surface area contributed by atoms with Crippen molar-refractivity contribution in [2.24, 2.45) is 0 Å². The maximum atomic E-state index is 12.4. The molecule has 0 radical (unpaired) electrons. The molecule has 0 aliphatic rings. The highest BCUT2D eigenvalue weighted by atomic mass is 32.2. The minimum atomic E-state index is -0.221. The molecule has 0 aliphatic carbocycles. The van der Waals surface area contributed by atoms with E-state index in [9.17, 15) is 9.59 Å². The van der Waals surface area contributed by atoms with Gasteiger partial charge in [-0.2, -0.15) is 0 Å². The molecule has 2 rings (SSSR count). The highest BCUT2D eigenvalue weighted by Gasteiger charge is 2.20. The van der Waals surface area contributed by atoms with Crippen molar-refractivity contribution in [1.82, 2.24) is 9.88 Å². The summed E-state index contributed by atoms with van der Waals surface area (Å²) in [6, 6.07) is 7.58. The van der Waals surface area contributed by atoms with Crippen molar-refractivity contribution in [3.63, 3.8) is 0 Å². The van der Waals surface area contributed by atoms with Gasteiger partial charge < -0.3 is 10.2 Å². The average Bonchev–Trinajstić information content (AvgIpc) is 2.85. The molecule has 122 valence electrons. The number of nitrogens with one attached hydrogen (secondary N) is 1. The lowest BCUT2D eigenvalue weighted by atomic mass is 10.3. The summed E-state index contributed by atoms with van der Waals surface area (Å²) in [5, 5.41) is 3.70. The molecule has 0 fully saturated rings. The lowest BCUT2D eigenvalue weighted by Crippen LogP contribution is -2.34. The number of rotatable bonds is 5. The van der Waals surface area contributed by atoms with E-state index in [1.807, 2.05) is 37.4 Å². The van der Waals surface area contributed by atoms with Gasteiger partial charge in [0.15, 0.2) is 0 Å². The van der Waals surface area contributed by atoms with Crippen LogP contribution in [-0.4, -0.2) is 41.5 Å². The van der Waals surface area contributed by atoms with Crippen LogP contribution in [0.4, 0.5) is 5.69 Å². The lowest BCUT2D eigenvalue weighted by Gasteiger charge is -2.17. The van der Waals surface area contributed by atoms with Gasteiger partial charge in [0.1, 0.15) is 4.88 Å². The highest BCUT2D eigenvalue weighted by molar-refractivity contribution is 7.98. The topological polar surface area (TPSA) is 62.3 Å². The van der Waals surface area contributed by atoms with Gasteiger partial charge in [0.25, 0.3) is 5.91 Å². The standard InChI is InChI=1S/C16H19N3O2S2/c1-10-15(23-11(2)17-10)16(21)19(3)9-14(20)18-12-7-5-6-8-13(12)22-4/h5-8H,9H2,1-4H3,(H,18,20). The summed E-state index contributed by atoms with van der Waals surface area (Å²) < 4.78 is 0. The number of hydrogen-bond acceptors (Lipinski definition) is 5. The summed E-state index contributed by atoms with van der Waals surface area (Å²) in [7, 11) is 1.62. The van der Waals surface area contributed by atoms with Gasteiger partial charge >= 0.3 is 0 Å². The van der Waals surface area contributed by atoms with Crippen LogP contribution in [0.15, 0.2) is 29.2 Å². The predicted molar refractivity (Wildman–Crippen MR) is 95.4 cm³/mol. The Kier molecular flexibility index (Phi) is 5.79. The smallest absolute Gasteiger partial charge is 0.266 e. The van der Waals surface area contributed by atoms with Crippen LogP contribution in [0.3, 0.4) is 0 Å². The third kappa shape index (κ3) is 4.33. The van der Waals surface area contributed by atoms with Crippen molar-refractivity contribution in [3.05, 3.63) is 39.8 Å². The number of anilines is 1. The molecular weight excluding hydrogens is 330 g/mol. The zero-order valence-electron chi connectivity index (χ0n) is 13.5. The first-order valence-electron chi connectivity index (χ1n) is 7.04. The number of para-hydroxylation sites is 1. The zero-order chi connectivity index (χ0) is 17.0. The van der Waals surface area contributed by atoms with Gasteiger partial charge in [0.05, 0.1) is 22.9 Å². The lowest BCUT2D eigenvalue weighted by molar-refractivity contribution is -0.116. The van der Waals surface area contributed by atoms with Crippen LogP contribution in [0.1, 0.15) is 20.4 Å². The first-order valence-corrected chi connectivity index (χ1v) is 9.09. The Balaban J connectivity index is 2.02. The molecule has 0 aliphatic heterocycles. The third-order valence-corrected chi connectivity index (χ3v) is 5.06. The molecule has 23 heavy (non-hydrogen) atoms. The Morgan fingerprint density at radius 3 is 2.61 bits per heavy atom. The molecule has 1 aromatic carbocycles. The summed E-state index contributed by atoms with van der Waals surface area (Å²) in [6.45, 7) is 3.66. The van der Waals surface area contributed by atoms with Crippen LogP contribution in [0.5, 0.6) is 0 Å². The second kappa shape index (κ2) is 7.61. The number of carbonyl (C=O) groups is 2. The number of aromatic nitrogens is 1. The molecule has 1 heterocycles. The number of benzene rings is 1. The van der Waals surface area contributed by atoms with Gasteiger partial charge in [-0.05, 0) is 32.2 Å². The van der Waals surface area contributed by atoms with E-state index >= 15 is 0 Å². The highest BCUT2D eigenvalue weighted by Crippen LogP contribution is 2.24. The molecule has 0 atom stereocenters. The number of amides is 2. The molecular formula is C16H19N3O2S2. The molecule has 1 N–H and O–H groups in total. The first-order chi connectivity index (χ1) is 10.9. The number of thiazole rings is 1. The van der Waals surface area contributed by atoms with Gasteiger partial charge in [0, 0.05) is 11.9 Å². The predicted octanol–water partition coefficient (Wildman–Crippen LogP) is 3.19. The minimum Gasteiger partial charge on any atom is -0.332 e. The fourth-order valence-electron chi connectivity index (χ4n) is 2.13. The second-order valence-electron chi connectivity index (χ2n) is 5.06.